The van der Waals surface area contributed by atoms with Crippen LogP contribution in [-0.4, -0.2) is 53.4 Å². The zero-order chi connectivity index (χ0) is 17.9. The van der Waals surface area contributed by atoms with Crippen LogP contribution in [0, 0.1) is 6.92 Å². The van der Waals surface area contributed by atoms with Crippen LogP contribution in [0.3, 0.4) is 0 Å². The summed E-state index contributed by atoms with van der Waals surface area (Å²) in [6.07, 6.45) is 4.95. The Hall–Kier alpha value is -2.67. The van der Waals surface area contributed by atoms with Crippen molar-refractivity contribution >= 4 is 5.91 Å². The highest BCUT2D eigenvalue weighted by atomic mass is 16.7. The Bertz CT molecular complexity index is 811. The lowest BCUT2D eigenvalue weighted by Crippen LogP contribution is -2.48. The lowest BCUT2D eigenvalue weighted by Gasteiger charge is -2.35. The van der Waals surface area contributed by atoms with Gasteiger partial charge in [-0.25, -0.2) is 0 Å². The minimum Gasteiger partial charge on any atom is -0.454 e. The molecule has 0 N–H and O–H groups in total. The van der Waals surface area contributed by atoms with Crippen LogP contribution in [0.4, 0.5) is 0 Å². The van der Waals surface area contributed by atoms with Gasteiger partial charge in [-0.3, -0.25) is 14.8 Å². The normalized spacial score (nSPS) is 18.8. The van der Waals surface area contributed by atoms with Crippen molar-refractivity contribution in [2.75, 3.05) is 26.6 Å². The van der Waals surface area contributed by atoms with Crippen LogP contribution in [0.15, 0.2) is 30.6 Å². The molecule has 1 aromatic heterocycles. The smallest absolute Gasteiger partial charge is 0.254 e. The highest BCUT2D eigenvalue weighted by Gasteiger charge is 2.29. The Balaban J connectivity index is 1.48. The number of morpholine rings is 1. The number of hydrogen-bond acceptors (Lipinski definition) is 6. The van der Waals surface area contributed by atoms with Crippen molar-refractivity contribution in [3.8, 4) is 11.5 Å². The van der Waals surface area contributed by atoms with Gasteiger partial charge in [-0.05, 0) is 38.0 Å². The van der Waals surface area contributed by atoms with Crippen LogP contribution < -0.4 is 9.47 Å². The predicted molar refractivity (Wildman–Crippen MR) is 93.3 cm³/mol. The average Bonchev–Trinajstić information content (AvgIpc) is 3.15. The zero-order valence-electron chi connectivity index (χ0n) is 14.7. The lowest BCUT2D eigenvalue weighted by atomic mass is 10.0. The molecule has 0 aliphatic carbocycles. The Morgan fingerprint density at radius 2 is 2.08 bits per heavy atom. The van der Waals surface area contributed by atoms with Crippen molar-refractivity contribution in [1.82, 2.24) is 14.9 Å². The van der Waals surface area contributed by atoms with Crippen LogP contribution in [0.1, 0.15) is 28.2 Å². The van der Waals surface area contributed by atoms with Gasteiger partial charge in [-0.15, -0.1) is 0 Å². The quantitative estimate of drug-likeness (QED) is 0.835. The number of ether oxygens (including phenoxy) is 3. The molecule has 2 aliphatic rings. The van der Waals surface area contributed by atoms with E-state index in [0.717, 1.165) is 24.2 Å². The number of fused-ring (bicyclic) bond motifs is 1. The summed E-state index contributed by atoms with van der Waals surface area (Å²) in [6, 6.07) is 5.34. The maximum atomic E-state index is 13.0. The molecule has 136 valence electrons. The number of carbonyl (C=O) groups is 1. The molecule has 1 atom stereocenters. The van der Waals surface area contributed by atoms with Gasteiger partial charge in [-0.1, -0.05) is 0 Å². The van der Waals surface area contributed by atoms with Crippen LogP contribution in [0.2, 0.25) is 0 Å². The Kier molecular flexibility index (Phi) is 4.71. The summed E-state index contributed by atoms with van der Waals surface area (Å²) >= 11 is 0. The average molecular weight is 355 g/mol. The van der Waals surface area contributed by atoms with E-state index in [1.165, 1.54) is 0 Å². The zero-order valence-corrected chi connectivity index (χ0v) is 14.7. The first-order valence-corrected chi connectivity index (χ1v) is 8.77. The van der Waals surface area contributed by atoms with Gasteiger partial charge in [0.1, 0.15) is 0 Å². The molecule has 1 fully saturated rings. The van der Waals surface area contributed by atoms with E-state index in [2.05, 4.69) is 9.97 Å². The van der Waals surface area contributed by atoms with E-state index in [9.17, 15) is 4.79 Å². The summed E-state index contributed by atoms with van der Waals surface area (Å²) in [4.78, 5) is 23.6. The van der Waals surface area contributed by atoms with E-state index >= 15 is 0 Å². The number of nitrogens with zero attached hydrogens (tertiary/aromatic N) is 3. The standard InChI is InChI=1S/C19H21N3O4/c1-13-16(21-7-6-20-13)4-3-15-11-24-9-8-22(15)19(23)14-2-5-17-18(10-14)26-12-25-17/h2,5-7,10,15H,3-4,8-9,11-12H2,1H3/t15-/m1/s1. The first-order valence-electron chi connectivity index (χ1n) is 8.77. The number of aryl methyl sites for hydroxylation is 2. The molecule has 0 unspecified atom stereocenters. The summed E-state index contributed by atoms with van der Waals surface area (Å²) < 4.78 is 16.3. The summed E-state index contributed by atoms with van der Waals surface area (Å²) in [5, 5.41) is 0. The van der Waals surface area contributed by atoms with Gasteiger partial charge in [0.2, 0.25) is 6.79 Å². The maximum Gasteiger partial charge on any atom is 0.254 e. The molecule has 7 nitrogen and oxygen atoms in total. The van der Waals surface area contributed by atoms with Crippen molar-refractivity contribution in [1.29, 1.82) is 0 Å². The van der Waals surface area contributed by atoms with Gasteiger partial charge in [0.05, 0.1) is 30.6 Å². The van der Waals surface area contributed by atoms with Gasteiger partial charge in [-0.2, -0.15) is 0 Å². The Morgan fingerprint density at radius 1 is 1.23 bits per heavy atom. The first kappa shape index (κ1) is 16.8. The second-order valence-corrected chi connectivity index (χ2v) is 6.42. The van der Waals surface area contributed by atoms with Gasteiger partial charge < -0.3 is 19.1 Å². The molecule has 0 spiro atoms. The number of amides is 1. The van der Waals surface area contributed by atoms with Gasteiger partial charge in [0, 0.05) is 24.5 Å². The fourth-order valence-corrected chi connectivity index (χ4v) is 3.34. The largest absolute Gasteiger partial charge is 0.454 e. The second kappa shape index (κ2) is 7.29. The maximum absolute atomic E-state index is 13.0. The lowest BCUT2D eigenvalue weighted by molar-refractivity contribution is -0.00415. The van der Waals surface area contributed by atoms with Crippen molar-refractivity contribution < 1.29 is 19.0 Å². The van der Waals surface area contributed by atoms with Crippen LogP contribution in [-0.2, 0) is 11.2 Å². The van der Waals surface area contributed by atoms with Crippen LogP contribution in [0.25, 0.3) is 0 Å². The van der Waals surface area contributed by atoms with Crippen LogP contribution in [0.5, 0.6) is 11.5 Å². The molecule has 3 heterocycles. The molecule has 7 heteroatoms. The molecule has 1 amide bonds. The fraction of sp³-hybridized carbons (Fsp3) is 0.421. The Labute approximate surface area is 151 Å². The summed E-state index contributed by atoms with van der Waals surface area (Å²) in [7, 11) is 0. The van der Waals surface area contributed by atoms with Gasteiger partial charge >= 0.3 is 0 Å². The molecule has 4 rings (SSSR count). The Morgan fingerprint density at radius 3 is 2.96 bits per heavy atom. The SMILES string of the molecule is Cc1nccnc1CC[C@@H]1COCCN1C(=O)c1ccc2c(c1)OCO2. The monoisotopic (exact) mass is 355 g/mol. The number of benzene rings is 1. The fourth-order valence-electron chi connectivity index (χ4n) is 3.34. The van der Waals surface area contributed by atoms with Gasteiger partial charge in [0.15, 0.2) is 11.5 Å². The second-order valence-electron chi connectivity index (χ2n) is 6.42. The van der Waals surface area contributed by atoms with E-state index in [4.69, 9.17) is 14.2 Å². The number of hydrogen-bond donors (Lipinski definition) is 0. The van der Waals surface area contributed by atoms with Gasteiger partial charge in [0.25, 0.3) is 5.91 Å². The van der Waals surface area contributed by atoms with E-state index in [1.807, 2.05) is 11.8 Å². The summed E-state index contributed by atoms with van der Waals surface area (Å²) in [5.74, 6) is 1.29. The number of aromatic nitrogens is 2. The molecule has 0 radical (unpaired) electrons. The van der Waals surface area contributed by atoms with Crippen molar-refractivity contribution in [3.63, 3.8) is 0 Å². The topological polar surface area (TPSA) is 73.8 Å². The minimum atomic E-state index is -0.00697. The van der Waals surface area contributed by atoms with Crippen molar-refractivity contribution in [3.05, 3.63) is 47.5 Å². The minimum absolute atomic E-state index is 0.00697. The molecular formula is C19H21N3O4. The molecule has 1 aromatic carbocycles. The van der Waals surface area contributed by atoms with Crippen molar-refractivity contribution in [2.45, 2.75) is 25.8 Å². The predicted octanol–water partition coefficient (Wildman–Crippen LogP) is 1.99. The highest BCUT2D eigenvalue weighted by Crippen LogP contribution is 2.33. The van der Waals surface area contributed by atoms with Crippen LogP contribution >= 0.6 is 0 Å². The summed E-state index contributed by atoms with van der Waals surface area (Å²) in [5.41, 5.74) is 2.50. The number of carbonyl (C=O) groups excluding carboxylic acids is 1. The third-order valence-corrected chi connectivity index (χ3v) is 4.81. The molecule has 0 bridgehead atoms. The van der Waals surface area contributed by atoms with E-state index < -0.39 is 0 Å². The first-order chi connectivity index (χ1) is 12.7. The highest BCUT2D eigenvalue weighted by molar-refractivity contribution is 5.95. The molecule has 0 saturated carbocycles. The summed E-state index contributed by atoms with van der Waals surface area (Å²) in [6.45, 7) is 3.82. The molecular weight excluding hydrogens is 334 g/mol. The molecule has 2 aliphatic heterocycles. The van der Waals surface area contributed by atoms with E-state index in [-0.39, 0.29) is 18.7 Å². The number of rotatable bonds is 4. The third kappa shape index (κ3) is 3.35. The molecule has 26 heavy (non-hydrogen) atoms. The third-order valence-electron chi connectivity index (χ3n) is 4.81. The molecule has 2 aromatic rings. The van der Waals surface area contributed by atoms with Crippen molar-refractivity contribution in [2.24, 2.45) is 0 Å². The van der Waals surface area contributed by atoms with E-state index in [1.54, 1.807) is 30.6 Å². The molecule has 1 saturated heterocycles. The van der Waals surface area contributed by atoms with E-state index in [0.29, 0.717) is 36.8 Å².